The maximum Gasteiger partial charge on any atom is 0.148 e. The van der Waals surface area contributed by atoms with Gasteiger partial charge in [0.1, 0.15) is 5.84 Å². The molecule has 0 aliphatic carbocycles. The number of hydrogen-bond donors (Lipinski definition) is 3. The van der Waals surface area contributed by atoms with Crippen molar-refractivity contribution < 1.29 is 0 Å². The number of fused-ring (bicyclic) bond motifs is 2. The average Bonchev–Trinajstić information content (AvgIpc) is 3.65. The van der Waals surface area contributed by atoms with Gasteiger partial charge in [-0.3, -0.25) is 0 Å². The van der Waals surface area contributed by atoms with E-state index in [0.717, 1.165) is 61.1 Å². The highest BCUT2D eigenvalue weighted by Crippen LogP contribution is 2.26. The third kappa shape index (κ3) is 5.54. The van der Waals surface area contributed by atoms with Gasteiger partial charge in [-0.15, -0.1) is 11.3 Å². The summed E-state index contributed by atoms with van der Waals surface area (Å²) in [4.78, 5) is 6.20. The van der Waals surface area contributed by atoms with Crippen molar-refractivity contribution in [3.63, 3.8) is 0 Å². The monoisotopic (exact) mass is 498 g/mol. The summed E-state index contributed by atoms with van der Waals surface area (Å²) in [6, 6.07) is 21.6. The van der Waals surface area contributed by atoms with Crippen LogP contribution in [-0.2, 0) is 13.1 Å². The minimum atomic E-state index is 0.866. The van der Waals surface area contributed by atoms with E-state index in [1.165, 1.54) is 21.8 Å². The van der Waals surface area contributed by atoms with Crippen molar-refractivity contribution in [2.24, 2.45) is 4.99 Å². The molecule has 36 heavy (non-hydrogen) atoms. The molecule has 0 atom stereocenters. The second-order valence-corrected chi connectivity index (χ2v) is 9.96. The smallest absolute Gasteiger partial charge is 0.148 e. The third-order valence-electron chi connectivity index (χ3n) is 6.44. The second-order valence-electron chi connectivity index (χ2n) is 9.01. The Morgan fingerprint density at radius 1 is 0.806 bits per heavy atom. The van der Waals surface area contributed by atoms with Gasteiger partial charge in [-0.05, 0) is 98.6 Å². The first kappa shape index (κ1) is 24.3. The quantitative estimate of drug-likeness (QED) is 0.118. The van der Waals surface area contributed by atoms with Crippen molar-refractivity contribution in [2.45, 2.75) is 25.9 Å². The van der Waals surface area contributed by atoms with Gasteiger partial charge in [-0.25, -0.2) is 4.99 Å². The van der Waals surface area contributed by atoms with Crippen LogP contribution in [0.15, 0.2) is 83.4 Å². The maximum atomic E-state index is 5.09. The summed E-state index contributed by atoms with van der Waals surface area (Å²) >= 11 is 1.70. The molecule has 7 heteroatoms. The van der Waals surface area contributed by atoms with Gasteiger partial charge in [-0.2, -0.15) is 0 Å². The predicted molar refractivity (Wildman–Crippen MR) is 155 cm³/mol. The van der Waals surface area contributed by atoms with E-state index in [9.17, 15) is 0 Å². The molecule has 2 aromatic carbocycles. The van der Waals surface area contributed by atoms with Gasteiger partial charge in [0.2, 0.25) is 0 Å². The van der Waals surface area contributed by atoms with Crippen molar-refractivity contribution in [3.8, 4) is 0 Å². The van der Waals surface area contributed by atoms with Crippen LogP contribution in [0.4, 0.5) is 11.4 Å². The normalized spacial score (nSPS) is 12.1. The number of benzene rings is 2. The summed E-state index contributed by atoms with van der Waals surface area (Å²) in [6.07, 6.45) is 6.54. The van der Waals surface area contributed by atoms with Crippen LogP contribution < -0.4 is 16.0 Å². The Labute approximate surface area is 216 Å². The summed E-state index contributed by atoms with van der Waals surface area (Å²) in [5.41, 5.74) is 4.45. The molecule has 0 bridgehead atoms. The topological polar surface area (TPSA) is 58.3 Å². The number of aryl methyl sites for hydroxylation is 2. The predicted octanol–water partition coefficient (Wildman–Crippen LogP) is 6.07. The fraction of sp³-hybridized carbons (Fsp3) is 0.276. The molecular weight excluding hydrogens is 464 g/mol. The van der Waals surface area contributed by atoms with Crippen molar-refractivity contribution in [2.75, 3.05) is 32.5 Å². The standard InChI is InChI=1S/C29H34N6S/c1-30-13-4-15-34-17-11-22-7-9-24(20-26(22)34)32-29(28-6-3-19-36-28)33-25-10-8-23-12-18-35(27(23)21-25)16-5-14-31-2/h3,6-12,17-21,30-31H,4-5,13-16H2,1-2H3,(H,32,33). The van der Waals surface area contributed by atoms with Crippen LogP contribution in [0.2, 0.25) is 0 Å². The Balaban J connectivity index is 1.45. The Kier molecular flexibility index (Phi) is 7.81. The number of aliphatic imine (C=N–C) groups is 1. The lowest BCUT2D eigenvalue weighted by Crippen LogP contribution is -2.12. The van der Waals surface area contributed by atoms with Crippen LogP contribution in [0.3, 0.4) is 0 Å². The molecule has 0 fully saturated rings. The largest absolute Gasteiger partial charge is 0.347 e. The van der Waals surface area contributed by atoms with Crippen molar-refractivity contribution in [1.29, 1.82) is 0 Å². The van der Waals surface area contributed by atoms with Crippen LogP contribution in [0.25, 0.3) is 21.8 Å². The van der Waals surface area contributed by atoms with Gasteiger partial charge in [0.25, 0.3) is 0 Å². The molecule has 0 aliphatic rings. The highest BCUT2D eigenvalue weighted by molar-refractivity contribution is 7.12. The van der Waals surface area contributed by atoms with Crippen LogP contribution >= 0.6 is 11.3 Å². The molecule has 0 amide bonds. The van der Waals surface area contributed by atoms with E-state index in [2.05, 4.69) is 104 Å². The van der Waals surface area contributed by atoms with Gasteiger partial charge < -0.3 is 25.1 Å². The molecule has 0 spiro atoms. The Bertz CT molecular complexity index is 1440. The van der Waals surface area contributed by atoms with Gasteiger partial charge in [0, 0.05) is 31.2 Å². The summed E-state index contributed by atoms with van der Waals surface area (Å²) in [5, 5.41) is 14.7. The van der Waals surface area contributed by atoms with E-state index in [1.807, 2.05) is 14.1 Å². The molecule has 0 unspecified atom stereocenters. The number of nitrogens with one attached hydrogen (secondary N) is 3. The Morgan fingerprint density at radius 2 is 1.47 bits per heavy atom. The van der Waals surface area contributed by atoms with E-state index >= 15 is 0 Å². The van der Waals surface area contributed by atoms with E-state index in [0.29, 0.717) is 0 Å². The molecule has 186 valence electrons. The van der Waals surface area contributed by atoms with E-state index < -0.39 is 0 Å². The Hall–Kier alpha value is -3.39. The minimum Gasteiger partial charge on any atom is -0.347 e. The highest BCUT2D eigenvalue weighted by atomic mass is 32.1. The molecule has 0 saturated heterocycles. The molecule has 5 aromatic rings. The van der Waals surface area contributed by atoms with Gasteiger partial charge in [-0.1, -0.05) is 18.2 Å². The van der Waals surface area contributed by atoms with Crippen LogP contribution in [0, 0.1) is 0 Å². The number of nitrogens with zero attached hydrogens (tertiary/aromatic N) is 3. The second kappa shape index (κ2) is 11.6. The fourth-order valence-corrected chi connectivity index (χ4v) is 5.24. The first-order valence-corrected chi connectivity index (χ1v) is 13.5. The molecular formula is C29H34N6S. The minimum absolute atomic E-state index is 0.866. The summed E-state index contributed by atoms with van der Waals surface area (Å²) < 4.78 is 4.65. The molecule has 0 aliphatic heterocycles. The first-order valence-electron chi connectivity index (χ1n) is 12.6. The van der Waals surface area contributed by atoms with E-state index in [-0.39, 0.29) is 0 Å². The fourth-order valence-electron chi connectivity index (χ4n) is 4.57. The number of anilines is 1. The lowest BCUT2D eigenvalue weighted by atomic mass is 10.2. The number of hydrogen-bond acceptors (Lipinski definition) is 4. The summed E-state index contributed by atoms with van der Waals surface area (Å²) in [6.45, 7) is 4.00. The molecule has 0 radical (unpaired) electrons. The lowest BCUT2D eigenvalue weighted by Gasteiger charge is -2.11. The van der Waals surface area contributed by atoms with Crippen LogP contribution in [-0.4, -0.2) is 42.2 Å². The van der Waals surface area contributed by atoms with Crippen LogP contribution in [0.1, 0.15) is 17.7 Å². The third-order valence-corrected chi connectivity index (χ3v) is 7.32. The first-order chi connectivity index (χ1) is 17.7. The van der Waals surface area contributed by atoms with Crippen LogP contribution in [0.5, 0.6) is 0 Å². The molecule has 3 heterocycles. The maximum absolute atomic E-state index is 5.09. The Morgan fingerprint density at radius 3 is 2.11 bits per heavy atom. The lowest BCUT2D eigenvalue weighted by molar-refractivity contribution is 0.627. The van der Waals surface area contributed by atoms with Gasteiger partial charge in [0.05, 0.1) is 21.6 Å². The van der Waals surface area contributed by atoms with E-state index in [1.54, 1.807) is 11.3 Å². The molecule has 6 nitrogen and oxygen atoms in total. The zero-order valence-corrected chi connectivity index (χ0v) is 21.8. The summed E-state index contributed by atoms with van der Waals surface area (Å²) in [5.74, 6) is 0.866. The van der Waals surface area contributed by atoms with Crippen molar-refractivity contribution in [3.05, 3.63) is 83.3 Å². The average molecular weight is 499 g/mol. The molecule has 5 rings (SSSR count). The zero-order chi connectivity index (χ0) is 24.7. The van der Waals surface area contributed by atoms with Crippen molar-refractivity contribution in [1.82, 2.24) is 19.8 Å². The van der Waals surface area contributed by atoms with Crippen molar-refractivity contribution >= 4 is 50.4 Å². The van der Waals surface area contributed by atoms with E-state index in [4.69, 9.17) is 4.99 Å². The SMILES string of the molecule is CNCCCn1ccc2ccc(N=C(Nc3ccc4ccn(CCCNC)c4c3)c3cccs3)cc21. The number of aromatic nitrogens is 2. The molecule has 3 N–H and O–H groups in total. The summed E-state index contributed by atoms with van der Waals surface area (Å²) in [7, 11) is 4.00. The molecule has 0 saturated carbocycles. The van der Waals surface area contributed by atoms with Gasteiger partial charge >= 0.3 is 0 Å². The molecule has 3 aromatic heterocycles. The number of amidine groups is 1. The number of thiophene rings is 1. The van der Waals surface area contributed by atoms with Gasteiger partial charge in [0.15, 0.2) is 0 Å². The zero-order valence-electron chi connectivity index (χ0n) is 21.0. The highest BCUT2D eigenvalue weighted by Gasteiger charge is 2.10. The number of rotatable bonds is 11.